The number of esters is 1. The van der Waals surface area contributed by atoms with Crippen LogP contribution in [0.15, 0.2) is 29.8 Å². The van der Waals surface area contributed by atoms with Crippen molar-refractivity contribution in [3.63, 3.8) is 0 Å². The monoisotopic (exact) mass is 270 g/mol. The summed E-state index contributed by atoms with van der Waals surface area (Å²) >= 11 is 0. The van der Waals surface area contributed by atoms with Crippen LogP contribution in [-0.4, -0.2) is 19.2 Å². The molecule has 1 aromatic carbocycles. The quantitative estimate of drug-likeness (QED) is 0.605. The summed E-state index contributed by atoms with van der Waals surface area (Å²) in [4.78, 5) is 11.6. The van der Waals surface area contributed by atoms with Crippen LogP contribution in [0.4, 0.5) is 8.78 Å². The van der Waals surface area contributed by atoms with Crippen LogP contribution in [0.1, 0.15) is 26.3 Å². The summed E-state index contributed by atoms with van der Waals surface area (Å²) in [5.41, 5.74) is 1.98. The van der Waals surface area contributed by atoms with E-state index < -0.39 is 6.61 Å². The fourth-order valence-electron chi connectivity index (χ4n) is 1.50. The van der Waals surface area contributed by atoms with E-state index in [-0.39, 0.29) is 11.7 Å². The second-order valence-electron chi connectivity index (χ2n) is 3.87. The van der Waals surface area contributed by atoms with Gasteiger partial charge in [-0.15, -0.1) is 0 Å². The maximum absolute atomic E-state index is 12.0. The van der Waals surface area contributed by atoms with Crippen molar-refractivity contribution in [2.24, 2.45) is 0 Å². The molecule has 0 heterocycles. The second-order valence-corrected chi connectivity index (χ2v) is 3.87. The van der Waals surface area contributed by atoms with Crippen LogP contribution in [-0.2, 0) is 9.53 Å². The molecule has 0 fully saturated rings. The Bertz CT molecular complexity index is 464. The predicted molar refractivity (Wildman–Crippen MR) is 68.0 cm³/mol. The molecule has 0 bridgehead atoms. The fourth-order valence-corrected chi connectivity index (χ4v) is 1.50. The lowest BCUT2D eigenvalue weighted by atomic mass is 10.0. The molecular formula is C14H16F2O3. The normalized spacial score (nSPS) is 12.1. The van der Waals surface area contributed by atoms with E-state index in [1.54, 1.807) is 32.9 Å². The molecule has 0 aliphatic heterocycles. The number of hydrogen-bond donors (Lipinski definition) is 0. The molecule has 0 spiro atoms. The van der Waals surface area contributed by atoms with Crippen LogP contribution in [0.25, 0.3) is 5.57 Å². The number of alkyl halides is 2. The summed E-state index contributed by atoms with van der Waals surface area (Å²) in [5.74, 6) is -0.298. The third kappa shape index (κ3) is 4.35. The van der Waals surface area contributed by atoms with Crippen molar-refractivity contribution in [1.29, 1.82) is 0 Å². The molecule has 0 atom stereocenters. The van der Waals surface area contributed by atoms with Gasteiger partial charge in [0.1, 0.15) is 5.75 Å². The highest BCUT2D eigenvalue weighted by Crippen LogP contribution is 2.22. The molecular weight excluding hydrogens is 254 g/mol. The fraction of sp³-hybridized carbons (Fsp3) is 0.357. The lowest BCUT2D eigenvalue weighted by molar-refractivity contribution is -0.138. The molecule has 3 nitrogen and oxygen atoms in total. The van der Waals surface area contributed by atoms with Gasteiger partial charge in [0, 0.05) is 5.57 Å². The van der Waals surface area contributed by atoms with E-state index in [1.165, 1.54) is 12.1 Å². The summed E-state index contributed by atoms with van der Waals surface area (Å²) in [6.07, 6.45) is 0. The van der Waals surface area contributed by atoms with E-state index >= 15 is 0 Å². The average molecular weight is 270 g/mol. The maximum atomic E-state index is 12.0. The van der Waals surface area contributed by atoms with E-state index in [2.05, 4.69) is 4.74 Å². The van der Waals surface area contributed by atoms with Gasteiger partial charge in [0.15, 0.2) is 0 Å². The minimum Gasteiger partial charge on any atom is -0.463 e. The zero-order valence-corrected chi connectivity index (χ0v) is 11.1. The molecule has 1 rings (SSSR count). The van der Waals surface area contributed by atoms with Gasteiger partial charge in [-0.2, -0.15) is 8.78 Å². The Morgan fingerprint density at radius 2 is 1.79 bits per heavy atom. The first-order valence-electron chi connectivity index (χ1n) is 5.85. The number of benzene rings is 1. The van der Waals surface area contributed by atoms with Gasteiger partial charge < -0.3 is 9.47 Å². The van der Waals surface area contributed by atoms with Gasteiger partial charge >= 0.3 is 12.6 Å². The van der Waals surface area contributed by atoms with E-state index in [1.807, 2.05) is 0 Å². The first-order chi connectivity index (χ1) is 8.95. The average Bonchev–Trinajstić information content (AvgIpc) is 2.37. The molecule has 0 saturated heterocycles. The van der Waals surface area contributed by atoms with Gasteiger partial charge in [-0.1, -0.05) is 12.1 Å². The Kier molecular flexibility index (Phi) is 5.48. The van der Waals surface area contributed by atoms with E-state index in [0.717, 1.165) is 11.1 Å². The topological polar surface area (TPSA) is 35.5 Å². The number of hydrogen-bond acceptors (Lipinski definition) is 3. The van der Waals surface area contributed by atoms with Crippen LogP contribution in [0.5, 0.6) is 5.75 Å². The van der Waals surface area contributed by atoms with Crippen LogP contribution in [0.2, 0.25) is 0 Å². The minimum absolute atomic E-state index is 0.0836. The first kappa shape index (κ1) is 15.1. The van der Waals surface area contributed by atoms with Gasteiger partial charge in [-0.3, -0.25) is 0 Å². The highest BCUT2D eigenvalue weighted by Gasteiger charge is 2.10. The van der Waals surface area contributed by atoms with Crippen molar-refractivity contribution in [3.8, 4) is 5.75 Å². The number of allylic oxidation sites excluding steroid dienone is 1. The predicted octanol–water partition coefficient (Wildman–Crippen LogP) is 3.64. The smallest absolute Gasteiger partial charge is 0.387 e. The molecule has 19 heavy (non-hydrogen) atoms. The highest BCUT2D eigenvalue weighted by atomic mass is 19.3. The Labute approximate surface area is 110 Å². The van der Waals surface area contributed by atoms with Crippen molar-refractivity contribution in [2.75, 3.05) is 6.61 Å². The maximum Gasteiger partial charge on any atom is 0.387 e. The number of ether oxygens (including phenoxy) is 2. The van der Waals surface area contributed by atoms with Crippen LogP contribution in [0, 0.1) is 0 Å². The van der Waals surface area contributed by atoms with E-state index in [9.17, 15) is 13.6 Å². The lowest BCUT2D eigenvalue weighted by Gasteiger charge is -2.09. The highest BCUT2D eigenvalue weighted by molar-refractivity contribution is 5.96. The van der Waals surface area contributed by atoms with Gasteiger partial charge in [-0.05, 0) is 44.0 Å². The molecule has 1 aromatic rings. The number of carbonyl (C=O) groups excluding carboxylic acids is 1. The summed E-state index contributed by atoms with van der Waals surface area (Å²) < 4.78 is 33.2. The minimum atomic E-state index is -2.84. The Hall–Kier alpha value is -1.91. The zero-order valence-electron chi connectivity index (χ0n) is 11.1. The van der Waals surface area contributed by atoms with Crippen molar-refractivity contribution in [2.45, 2.75) is 27.4 Å². The molecule has 0 N–H and O–H groups in total. The zero-order chi connectivity index (χ0) is 14.4. The SMILES string of the molecule is CCOC(=O)/C(C)=C(/C)c1ccc(OC(F)F)cc1. The van der Waals surface area contributed by atoms with Crippen LogP contribution in [0.3, 0.4) is 0 Å². The summed E-state index contributed by atoms with van der Waals surface area (Å²) in [7, 11) is 0. The van der Waals surface area contributed by atoms with Crippen LogP contribution >= 0.6 is 0 Å². The Morgan fingerprint density at radius 1 is 1.21 bits per heavy atom. The molecule has 0 radical (unpaired) electrons. The molecule has 0 amide bonds. The third-order valence-electron chi connectivity index (χ3n) is 2.66. The van der Waals surface area contributed by atoms with E-state index in [4.69, 9.17) is 4.74 Å². The third-order valence-corrected chi connectivity index (χ3v) is 2.66. The number of rotatable bonds is 5. The number of carbonyl (C=O) groups is 1. The van der Waals surface area contributed by atoms with E-state index in [0.29, 0.717) is 12.2 Å². The van der Waals surface area contributed by atoms with Crippen molar-refractivity contribution in [3.05, 3.63) is 35.4 Å². The summed E-state index contributed by atoms with van der Waals surface area (Å²) in [6.45, 7) is 2.64. The first-order valence-corrected chi connectivity index (χ1v) is 5.85. The van der Waals surface area contributed by atoms with Gasteiger partial charge in [0.05, 0.1) is 6.61 Å². The van der Waals surface area contributed by atoms with Crippen LogP contribution < -0.4 is 4.74 Å². The molecule has 0 aliphatic carbocycles. The van der Waals surface area contributed by atoms with Crippen molar-refractivity contribution in [1.82, 2.24) is 0 Å². The molecule has 0 saturated carbocycles. The Morgan fingerprint density at radius 3 is 2.26 bits per heavy atom. The number of halogens is 2. The van der Waals surface area contributed by atoms with Crippen molar-refractivity contribution >= 4 is 11.5 Å². The lowest BCUT2D eigenvalue weighted by Crippen LogP contribution is -2.06. The standard InChI is InChI=1S/C14H16F2O3/c1-4-18-13(17)10(3)9(2)11-5-7-12(8-6-11)19-14(15)16/h5-8,14H,4H2,1-3H3/b10-9-. The van der Waals surface area contributed by atoms with Gasteiger partial charge in [0.25, 0.3) is 0 Å². The summed E-state index contributed by atoms with van der Waals surface area (Å²) in [6, 6.07) is 6.11. The largest absolute Gasteiger partial charge is 0.463 e. The van der Waals surface area contributed by atoms with Gasteiger partial charge in [0.2, 0.25) is 0 Å². The molecule has 0 aromatic heterocycles. The molecule has 0 aliphatic rings. The van der Waals surface area contributed by atoms with Gasteiger partial charge in [-0.25, -0.2) is 4.79 Å². The summed E-state index contributed by atoms with van der Waals surface area (Å²) in [5, 5.41) is 0. The Balaban J connectivity index is 2.90. The second kappa shape index (κ2) is 6.87. The molecule has 5 heteroatoms. The molecule has 0 unspecified atom stereocenters. The van der Waals surface area contributed by atoms with Crippen molar-refractivity contribution < 1.29 is 23.0 Å². The molecule has 104 valence electrons.